The number of nitrogens with zero attached hydrogens (tertiary/aromatic N) is 1. The average Bonchev–Trinajstić information content (AvgIpc) is 2.61. The molecule has 24 heavy (non-hydrogen) atoms. The van der Waals surface area contributed by atoms with Gasteiger partial charge in [-0.15, -0.1) is 0 Å². The molecule has 2 aromatic carbocycles. The van der Waals surface area contributed by atoms with E-state index in [0.29, 0.717) is 22.8 Å². The molecule has 126 valence electrons. The van der Waals surface area contributed by atoms with Crippen molar-refractivity contribution in [3.05, 3.63) is 47.5 Å². The van der Waals surface area contributed by atoms with Crippen LogP contribution < -0.4 is 19.6 Å². The van der Waals surface area contributed by atoms with E-state index >= 15 is 0 Å². The fourth-order valence-electron chi connectivity index (χ4n) is 2.00. The number of amides is 1. The molecule has 0 aliphatic heterocycles. The predicted octanol–water partition coefficient (Wildman–Crippen LogP) is 2.18. The molecule has 0 saturated heterocycles. The number of carbonyl (C=O) groups is 1. The minimum atomic E-state index is -0.427. The van der Waals surface area contributed by atoms with Crippen molar-refractivity contribution in [3.63, 3.8) is 0 Å². The number of methoxy groups -OCH3 is 3. The number of phenols is 1. The van der Waals surface area contributed by atoms with Gasteiger partial charge in [0.2, 0.25) is 5.75 Å². The maximum atomic E-state index is 12.2. The predicted molar refractivity (Wildman–Crippen MR) is 89.3 cm³/mol. The maximum Gasteiger partial charge on any atom is 0.271 e. The highest BCUT2D eigenvalue weighted by Gasteiger charge is 2.16. The molecule has 0 bridgehead atoms. The SMILES string of the molecule is COc1cc(C(=O)NN=Cc2ccc(O)cc2)cc(OC)c1OC. The number of phenolic OH excluding ortho intramolecular Hbond substituents is 1. The highest BCUT2D eigenvalue weighted by molar-refractivity contribution is 5.96. The van der Waals surface area contributed by atoms with Crippen LogP contribution in [0.1, 0.15) is 15.9 Å². The molecular weight excluding hydrogens is 312 g/mol. The van der Waals surface area contributed by atoms with E-state index in [0.717, 1.165) is 5.56 Å². The first-order valence-corrected chi connectivity index (χ1v) is 7.01. The summed E-state index contributed by atoms with van der Waals surface area (Å²) in [6.07, 6.45) is 1.47. The Morgan fingerprint density at radius 3 is 2.12 bits per heavy atom. The monoisotopic (exact) mass is 330 g/mol. The molecule has 2 N–H and O–H groups in total. The molecule has 0 fully saturated rings. The number of rotatable bonds is 6. The molecule has 0 unspecified atom stereocenters. The molecule has 0 spiro atoms. The first-order valence-electron chi connectivity index (χ1n) is 7.01. The summed E-state index contributed by atoms with van der Waals surface area (Å²) >= 11 is 0. The number of hydrazone groups is 1. The summed E-state index contributed by atoms with van der Waals surface area (Å²) in [6.45, 7) is 0. The van der Waals surface area contributed by atoms with Gasteiger partial charge in [0.15, 0.2) is 11.5 Å². The van der Waals surface area contributed by atoms with E-state index in [-0.39, 0.29) is 5.75 Å². The number of carbonyl (C=O) groups excluding carboxylic acids is 1. The lowest BCUT2D eigenvalue weighted by molar-refractivity contribution is 0.0954. The van der Waals surface area contributed by atoms with Gasteiger partial charge in [0.05, 0.1) is 27.5 Å². The molecule has 0 atom stereocenters. The summed E-state index contributed by atoms with van der Waals surface area (Å²) in [5.41, 5.74) is 3.46. The van der Waals surface area contributed by atoms with Crippen LogP contribution in [0, 0.1) is 0 Å². The first-order chi connectivity index (χ1) is 11.6. The van der Waals surface area contributed by atoms with Gasteiger partial charge in [-0.1, -0.05) is 0 Å². The smallest absolute Gasteiger partial charge is 0.271 e. The van der Waals surface area contributed by atoms with Crippen molar-refractivity contribution in [1.29, 1.82) is 0 Å². The zero-order valence-corrected chi connectivity index (χ0v) is 13.6. The van der Waals surface area contributed by atoms with Gasteiger partial charge < -0.3 is 19.3 Å². The van der Waals surface area contributed by atoms with Crippen molar-refractivity contribution in [3.8, 4) is 23.0 Å². The van der Waals surface area contributed by atoms with Crippen LogP contribution in [0.15, 0.2) is 41.5 Å². The summed E-state index contributed by atoms with van der Waals surface area (Å²) in [6, 6.07) is 9.47. The number of ether oxygens (including phenoxy) is 3. The Bertz CT molecular complexity index is 716. The summed E-state index contributed by atoms with van der Waals surface area (Å²) in [5, 5.41) is 13.1. The van der Waals surface area contributed by atoms with Gasteiger partial charge >= 0.3 is 0 Å². The normalized spacial score (nSPS) is 10.5. The topological polar surface area (TPSA) is 89.4 Å². The number of nitrogens with one attached hydrogen (secondary N) is 1. The second kappa shape index (κ2) is 7.87. The van der Waals surface area contributed by atoms with Gasteiger partial charge in [0, 0.05) is 5.56 Å². The molecule has 0 saturated carbocycles. The van der Waals surface area contributed by atoms with E-state index in [9.17, 15) is 9.90 Å². The molecular formula is C17H18N2O5. The molecule has 0 aliphatic carbocycles. The van der Waals surface area contributed by atoms with E-state index in [1.165, 1.54) is 51.8 Å². The second-order valence-electron chi connectivity index (χ2n) is 4.70. The third kappa shape index (κ3) is 3.95. The highest BCUT2D eigenvalue weighted by Crippen LogP contribution is 2.38. The molecule has 7 heteroatoms. The van der Waals surface area contributed by atoms with E-state index in [1.54, 1.807) is 12.1 Å². The Hall–Kier alpha value is -3.22. The molecule has 0 aliphatic rings. The van der Waals surface area contributed by atoms with E-state index in [1.807, 2.05) is 0 Å². The number of benzene rings is 2. The average molecular weight is 330 g/mol. The zero-order chi connectivity index (χ0) is 17.5. The number of hydrogen-bond acceptors (Lipinski definition) is 6. The summed E-state index contributed by atoms with van der Waals surface area (Å²) < 4.78 is 15.6. The quantitative estimate of drug-likeness (QED) is 0.626. The van der Waals surface area contributed by atoms with Crippen LogP contribution in [0.3, 0.4) is 0 Å². The van der Waals surface area contributed by atoms with Gasteiger partial charge in [0.25, 0.3) is 5.91 Å². The van der Waals surface area contributed by atoms with Crippen LogP contribution in [-0.2, 0) is 0 Å². The van der Waals surface area contributed by atoms with E-state index in [2.05, 4.69) is 10.5 Å². The highest BCUT2D eigenvalue weighted by atomic mass is 16.5. The van der Waals surface area contributed by atoms with Crippen LogP contribution in [0.2, 0.25) is 0 Å². The third-order valence-electron chi connectivity index (χ3n) is 3.20. The van der Waals surface area contributed by atoms with Crippen molar-refractivity contribution in [2.45, 2.75) is 0 Å². The fourth-order valence-corrected chi connectivity index (χ4v) is 2.00. The van der Waals surface area contributed by atoms with Crippen LogP contribution in [0.5, 0.6) is 23.0 Å². The van der Waals surface area contributed by atoms with Crippen LogP contribution in [-0.4, -0.2) is 38.6 Å². The largest absolute Gasteiger partial charge is 0.508 e. The summed E-state index contributed by atoms with van der Waals surface area (Å²) in [7, 11) is 4.44. The van der Waals surface area contributed by atoms with Crippen molar-refractivity contribution in [2.24, 2.45) is 5.10 Å². The van der Waals surface area contributed by atoms with Gasteiger partial charge in [-0.3, -0.25) is 4.79 Å². The zero-order valence-electron chi connectivity index (χ0n) is 13.6. The Morgan fingerprint density at radius 2 is 1.62 bits per heavy atom. The van der Waals surface area contributed by atoms with E-state index < -0.39 is 5.91 Å². The van der Waals surface area contributed by atoms with Gasteiger partial charge in [0.1, 0.15) is 5.75 Å². The molecule has 0 heterocycles. The van der Waals surface area contributed by atoms with Crippen molar-refractivity contribution < 1.29 is 24.1 Å². The Balaban J connectivity index is 2.15. The van der Waals surface area contributed by atoms with Crippen LogP contribution in [0.4, 0.5) is 0 Å². The minimum Gasteiger partial charge on any atom is -0.508 e. The Morgan fingerprint density at radius 1 is 1.04 bits per heavy atom. The Labute approximate surface area is 139 Å². The molecule has 2 aromatic rings. The minimum absolute atomic E-state index is 0.161. The standard InChI is InChI=1S/C17H18N2O5/c1-22-14-8-12(9-15(23-2)16(14)24-3)17(21)19-18-10-11-4-6-13(20)7-5-11/h4-10,20H,1-3H3,(H,19,21). The molecule has 0 radical (unpaired) electrons. The fraction of sp³-hybridized carbons (Fsp3) is 0.176. The summed E-state index contributed by atoms with van der Waals surface area (Å²) in [4.78, 5) is 12.2. The Kier molecular flexibility index (Phi) is 5.62. The summed E-state index contributed by atoms with van der Waals surface area (Å²) in [5.74, 6) is 0.899. The van der Waals surface area contributed by atoms with Gasteiger partial charge in [-0.05, 0) is 42.0 Å². The number of aromatic hydroxyl groups is 1. The lowest BCUT2D eigenvalue weighted by atomic mass is 10.1. The molecule has 0 aromatic heterocycles. The van der Waals surface area contributed by atoms with Gasteiger partial charge in [-0.25, -0.2) is 5.43 Å². The molecule has 2 rings (SSSR count). The van der Waals surface area contributed by atoms with Crippen LogP contribution >= 0.6 is 0 Å². The lowest BCUT2D eigenvalue weighted by Crippen LogP contribution is -2.18. The molecule has 1 amide bonds. The van der Waals surface area contributed by atoms with Crippen molar-refractivity contribution in [1.82, 2.24) is 5.43 Å². The first kappa shape index (κ1) is 17.1. The number of hydrogen-bond donors (Lipinski definition) is 2. The maximum absolute atomic E-state index is 12.2. The third-order valence-corrected chi connectivity index (χ3v) is 3.20. The van der Waals surface area contributed by atoms with Crippen molar-refractivity contribution >= 4 is 12.1 Å². The molecule has 7 nitrogen and oxygen atoms in total. The second-order valence-corrected chi connectivity index (χ2v) is 4.70. The van der Waals surface area contributed by atoms with Crippen LogP contribution in [0.25, 0.3) is 0 Å². The van der Waals surface area contributed by atoms with E-state index in [4.69, 9.17) is 14.2 Å². The lowest BCUT2D eigenvalue weighted by Gasteiger charge is -2.13. The van der Waals surface area contributed by atoms with Crippen molar-refractivity contribution in [2.75, 3.05) is 21.3 Å². The van der Waals surface area contributed by atoms with Gasteiger partial charge in [-0.2, -0.15) is 5.10 Å².